The van der Waals surface area contributed by atoms with E-state index in [2.05, 4.69) is 6.92 Å². The first-order chi connectivity index (χ1) is 11.1. The van der Waals surface area contributed by atoms with Crippen molar-refractivity contribution in [3.8, 4) is 0 Å². The fraction of sp³-hybridized carbons (Fsp3) is 0.400. The van der Waals surface area contributed by atoms with Gasteiger partial charge in [-0.2, -0.15) is 0 Å². The van der Waals surface area contributed by atoms with Gasteiger partial charge in [0.25, 0.3) is 0 Å². The molecule has 0 aromatic heterocycles. The number of Topliss-reactive ketones (excluding diaryl/α,β-unsaturated/α-hetero) is 1. The highest BCUT2D eigenvalue weighted by atomic mass is 16.5. The number of hydrogen-bond acceptors (Lipinski definition) is 3. The summed E-state index contributed by atoms with van der Waals surface area (Å²) in [6, 6.07) is 11.5. The normalized spacial score (nSPS) is 10.7. The van der Waals surface area contributed by atoms with E-state index >= 15 is 0 Å². The summed E-state index contributed by atoms with van der Waals surface area (Å²) in [6.45, 7) is 4.23. The highest BCUT2D eigenvalue weighted by molar-refractivity contribution is 5.98. The predicted molar refractivity (Wildman–Crippen MR) is 92.8 cm³/mol. The maximum absolute atomic E-state index is 11.9. The second-order valence-electron chi connectivity index (χ2n) is 5.91. The van der Waals surface area contributed by atoms with Crippen molar-refractivity contribution >= 4 is 22.5 Å². The first kappa shape index (κ1) is 17.2. The van der Waals surface area contributed by atoms with Crippen LogP contribution in [0.15, 0.2) is 36.4 Å². The van der Waals surface area contributed by atoms with E-state index in [4.69, 9.17) is 4.74 Å². The van der Waals surface area contributed by atoms with Gasteiger partial charge in [0, 0.05) is 5.56 Å². The number of ketones is 1. The van der Waals surface area contributed by atoms with Gasteiger partial charge in [0.1, 0.15) is 0 Å². The molecule has 122 valence electrons. The molecule has 0 unspecified atom stereocenters. The number of unbranched alkanes of at least 4 members (excludes halogenated alkanes) is 3. The third kappa shape index (κ3) is 5.20. The Morgan fingerprint density at radius 3 is 2.43 bits per heavy atom. The van der Waals surface area contributed by atoms with Crippen LogP contribution in [-0.2, 0) is 16.0 Å². The van der Waals surface area contributed by atoms with Crippen molar-refractivity contribution in [2.45, 2.75) is 46.0 Å². The fourth-order valence-corrected chi connectivity index (χ4v) is 2.56. The number of rotatable bonds is 8. The van der Waals surface area contributed by atoms with Gasteiger partial charge >= 0.3 is 5.97 Å². The summed E-state index contributed by atoms with van der Waals surface area (Å²) in [5.41, 5.74) is 1.64. The largest absolute Gasteiger partial charge is 0.465 e. The molecule has 3 heteroatoms. The minimum atomic E-state index is -0.179. The van der Waals surface area contributed by atoms with Gasteiger partial charge in [-0.3, -0.25) is 9.59 Å². The molecule has 0 spiro atoms. The lowest BCUT2D eigenvalue weighted by atomic mass is 10.0. The molecule has 23 heavy (non-hydrogen) atoms. The Morgan fingerprint density at radius 2 is 1.70 bits per heavy atom. The number of benzene rings is 2. The zero-order chi connectivity index (χ0) is 16.7. The molecule has 2 aromatic carbocycles. The maximum atomic E-state index is 11.9. The van der Waals surface area contributed by atoms with Crippen LogP contribution in [0.1, 0.15) is 55.5 Å². The van der Waals surface area contributed by atoms with E-state index in [1.165, 1.54) is 12.8 Å². The molecule has 0 atom stereocenters. The minimum absolute atomic E-state index is 0.0580. The average Bonchev–Trinajstić information content (AvgIpc) is 2.54. The lowest BCUT2D eigenvalue weighted by molar-refractivity contribution is -0.142. The first-order valence-corrected chi connectivity index (χ1v) is 8.29. The Morgan fingerprint density at radius 1 is 0.957 bits per heavy atom. The Hall–Kier alpha value is -2.16. The number of fused-ring (bicyclic) bond motifs is 1. The molecular formula is C20H24O3. The lowest BCUT2D eigenvalue weighted by Gasteiger charge is -2.06. The Labute approximate surface area is 137 Å². The van der Waals surface area contributed by atoms with Crippen LogP contribution in [0, 0.1) is 0 Å². The van der Waals surface area contributed by atoms with Gasteiger partial charge in [-0.25, -0.2) is 0 Å². The van der Waals surface area contributed by atoms with Crippen LogP contribution in [0.5, 0.6) is 0 Å². The summed E-state index contributed by atoms with van der Waals surface area (Å²) in [5, 5.41) is 2.04. The van der Waals surface area contributed by atoms with Crippen molar-refractivity contribution < 1.29 is 14.3 Å². The standard InChI is InChI=1S/C20H24O3/c1-3-4-5-6-11-23-20(22)13-16-7-8-19-14-17(15(2)21)9-10-18(19)12-16/h7-10,12,14H,3-6,11,13H2,1-2H3. The van der Waals surface area contributed by atoms with Crippen molar-refractivity contribution in [2.24, 2.45) is 0 Å². The van der Waals surface area contributed by atoms with Crippen molar-refractivity contribution in [2.75, 3.05) is 6.61 Å². The highest BCUT2D eigenvalue weighted by Crippen LogP contribution is 2.19. The first-order valence-electron chi connectivity index (χ1n) is 8.29. The zero-order valence-electron chi connectivity index (χ0n) is 13.9. The SMILES string of the molecule is CCCCCCOC(=O)Cc1ccc2cc(C(C)=O)ccc2c1. The predicted octanol–water partition coefficient (Wildman–Crippen LogP) is 4.71. The Balaban J connectivity index is 1.94. The van der Waals surface area contributed by atoms with Crippen LogP contribution in [-0.4, -0.2) is 18.4 Å². The Kier molecular flexibility index (Phi) is 6.33. The van der Waals surface area contributed by atoms with Gasteiger partial charge in [0.15, 0.2) is 5.78 Å². The smallest absolute Gasteiger partial charge is 0.310 e. The summed E-state index contributed by atoms with van der Waals surface area (Å²) in [7, 11) is 0. The molecule has 0 amide bonds. The van der Waals surface area contributed by atoms with E-state index in [1.54, 1.807) is 6.92 Å². The van der Waals surface area contributed by atoms with Gasteiger partial charge in [-0.1, -0.05) is 56.5 Å². The summed E-state index contributed by atoms with van der Waals surface area (Å²) in [5.74, 6) is -0.121. The second kappa shape index (κ2) is 8.47. The maximum Gasteiger partial charge on any atom is 0.310 e. The molecule has 0 radical (unpaired) electrons. The molecule has 0 saturated heterocycles. The van der Waals surface area contributed by atoms with Gasteiger partial charge in [0.2, 0.25) is 0 Å². The van der Waals surface area contributed by atoms with Gasteiger partial charge < -0.3 is 4.74 Å². The summed E-state index contributed by atoms with van der Waals surface area (Å²) in [4.78, 5) is 23.3. The molecule has 0 aliphatic carbocycles. The van der Waals surface area contributed by atoms with Crippen molar-refractivity contribution in [3.63, 3.8) is 0 Å². The summed E-state index contributed by atoms with van der Waals surface area (Å²) < 4.78 is 5.27. The van der Waals surface area contributed by atoms with E-state index in [-0.39, 0.29) is 18.2 Å². The second-order valence-corrected chi connectivity index (χ2v) is 5.91. The van der Waals surface area contributed by atoms with E-state index in [0.29, 0.717) is 12.2 Å². The average molecular weight is 312 g/mol. The molecule has 2 aromatic rings. The zero-order valence-corrected chi connectivity index (χ0v) is 13.9. The molecule has 3 nitrogen and oxygen atoms in total. The fourth-order valence-electron chi connectivity index (χ4n) is 2.56. The monoisotopic (exact) mass is 312 g/mol. The minimum Gasteiger partial charge on any atom is -0.465 e. The van der Waals surface area contributed by atoms with E-state index < -0.39 is 0 Å². The number of hydrogen-bond donors (Lipinski definition) is 0. The molecular weight excluding hydrogens is 288 g/mol. The van der Waals surface area contributed by atoms with Crippen LogP contribution in [0.2, 0.25) is 0 Å². The number of ether oxygens (including phenoxy) is 1. The lowest BCUT2D eigenvalue weighted by Crippen LogP contribution is -2.09. The molecule has 0 aliphatic rings. The van der Waals surface area contributed by atoms with E-state index in [9.17, 15) is 9.59 Å². The van der Waals surface area contributed by atoms with Crippen LogP contribution < -0.4 is 0 Å². The van der Waals surface area contributed by atoms with Crippen molar-refractivity contribution in [1.29, 1.82) is 0 Å². The molecule has 0 aliphatic heterocycles. The van der Waals surface area contributed by atoms with Crippen LogP contribution >= 0.6 is 0 Å². The topological polar surface area (TPSA) is 43.4 Å². The quantitative estimate of drug-likeness (QED) is 0.403. The molecule has 0 saturated carbocycles. The number of carbonyl (C=O) groups excluding carboxylic acids is 2. The van der Waals surface area contributed by atoms with Crippen LogP contribution in [0.3, 0.4) is 0 Å². The molecule has 0 fully saturated rings. The van der Waals surface area contributed by atoms with Crippen molar-refractivity contribution in [3.05, 3.63) is 47.5 Å². The van der Waals surface area contributed by atoms with E-state index in [0.717, 1.165) is 29.2 Å². The molecule has 0 heterocycles. The Bertz CT molecular complexity index is 688. The van der Waals surface area contributed by atoms with Crippen LogP contribution in [0.25, 0.3) is 10.8 Å². The van der Waals surface area contributed by atoms with Crippen molar-refractivity contribution in [1.82, 2.24) is 0 Å². The number of esters is 1. The van der Waals surface area contributed by atoms with Gasteiger partial charge in [-0.15, -0.1) is 0 Å². The third-order valence-electron chi connectivity index (χ3n) is 3.92. The molecule has 0 N–H and O–H groups in total. The number of carbonyl (C=O) groups is 2. The molecule has 2 rings (SSSR count). The highest BCUT2D eigenvalue weighted by Gasteiger charge is 2.07. The summed E-state index contributed by atoms with van der Waals surface area (Å²) >= 11 is 0. The molecule has 0 bridgehead atoms. The van der Waals surface area contributed by atoms with Crippen LogP contribution in [0.4, 0.5) is 0 Å². The summed E-state index contributed by atoms with van der Waals surface area (Å²) in [6.07, 6.45) is 4.70. The third-order valence-corrected chi connectivity index (χ3v) is 3.92. The van der Waals surface area contributed by atoms with Gasteiger partial charge in [0.05, 0.1) is 13.0 Å². The van der Waals surface area contributed by atoms with Gasteiger partial charge in [-0.05, 0) is 35.7 Å². The van der Waals surface area contributed by atoms with E-state index in [1.807, 2.05) is 36.4 Å².